The van der Waals surface area contributed by atoms with Crippen molar-refractivity contribution in [2.45, 2.75) is 39.3 Å². The lowest BCUT2D eigenvalue weighted by molar-refractivity contribution is 0.273. The van der Waals surface area contributed by atoms with E-state index in [1.54, 1.807) is 0 Å². The molecule has 0 heterocycles. The van der Waals surface area contributed by atoms with Crippen LogP contribution in [0.5, 0.6) is 0 Å². The number of rotatable bonds is 7. The molecule has 1 aromatic carbocycles. The first-order valence-electron chi connectivity index (χ1n) is 7.11. The summed E-state index contributed by atoms with van der Waals surface area (Å²) in [7, 11) is 2.22. The normalized spacial score (nSPS) is 17.1. The topological polar surface area (TPSA) is 15.3 Å². The van der Waals surface area contributed by atoms with Crippen LogP contribution in [0.3, 0.4) is 0 Å². The summed E-state index contributed by atoms with van der Waals surface area (Å²) in [6.45, 7) is 7.84. The Morgan fingerprint density at radius 1 is 1.28 bits per heavy atom. The van der Waals surface area contributed by atoms with Gasteiger partial charge in [-0.05, 0) is 44.8 Å². The number of benzene rings is 1. The van der Waals surface area contributed by atoms with E-state index >= 15 is 0 Å². The number of nitrogens with one attached hydrogen (secondary N) is 1. The molecule has 1 atom stereocenters. The van der Waals surface area contributed by atoms with Gasteiger partial charge in [0.05, 0.1) is 0 Å². The molecule has 18 heavy (non-hydrogen) atoms. The molecule has 0 radical (unpaired) electrons. The lowest BCUT2D eigenvalue weighted by atomic mass is 10.1. The van der Waals surface area contributed by atoms with Crippen molar-refractivity contribution in [1.82, 2.24) is 10.2 Å². The molecule has 1 aliphatic rings. The van der Waals surface area contributed by atoms with Crippen LogP contribution in [0.2, 0.25) is 0 Å². The fourth-order valence-corrected chi connectivity index (χ4v) is 2.32. The van der Waals surface area contributed by atoms with E-state index in [1.807, 2.05) is 0 Å². The Balaban J connectivity index is 1.69. The van der Waals surface area contributed by atoms with Gasteiger partial charge in [-0.2, -0.15) is 0 Å². The maximum atomic E-state index is 3.61. The molecule has 1 N–H and O–H groups in total. The average molecular weight is 246 g/mol. The second-order valence-corrected chi connectivity index (χ2v) is 5.97. The van der Waals surface area contributed by atoms with Crippen molar-refractivity contribution < 1.29 is 0 Å². The molecule has 0 bridgehead atoms. The van der Waals surface area contributed by atoms with E-state index in [-0.39, 0.29) is 0 Å². The van der Waals surface area contributed by atoms with Gasteiger partial charge in [0.15, 0.2) is 0 Å². The Morgan fingerprint density at radius 3 is 2.56 bits per heavy atom. The maximum Gasteiger partial charge on any atom is 0.0230 e. The fraction of sp³-hybridized carbons (Fsp3) is 0.625. The molecule has 1 unspecified atom stereocenters. The van der Waals surface area contributed by atoms with E-state index in [9.17, 15) is 0 Å². The number of hydrogen-bond acceptors (Lipinski definition) is 2. The smallest absolute Gasteiger partial charge is 0.0230 e. The summed E-state index contributed by atoms with van der Waals surface area (Å²) >= 11 is 0. The Kier molecular flexibility index (Phi) is 4.79. The third kappa shape index (κ3) is 4.79. The molecule has 0 saturated heterocycles. The first-order valence-corrected chi connectivity index (χ1v) is 7.11. The molecular weight excluding hydrogens is 220 g/mol. The molecule has 1 fully saturated rings. The maximum absolute atomic E-state index is 3.61. The summed E-state index contributed by atoms with van der Waals surface area (Å²) in [6.07, 6.45) is 2.76. The van der Waals surface area contributed by atoms with Crippen molar-refractivity contribution >= 4 is 0 Å². The van der Waals surface area contributed by atoms with E-state index in [0.717, 1.165) is 31.6 Å². The van der Waals surface area contributed by atoms with Crippen LogP contribution in [-0.4, -0.2) is 31.1 Å². The SMILES string of the molecule is Cc1ccc(CN(C)CC(C)CNC2CC2)cc1. The van der Waals surface area contributed by atoms with Gasteiger partial charge in [-0.1, -0.05) is 36.8 Å². The Morgan fingerprint density at radius 2 is 1.94 bits per heavy atom. The highest BCUT2D eigenvalue weighted by molar-refractivity contribution is 5.21. The van der Waals surface area contributed by atoms with Gasteiger partial charge in [0, 0.05) is 19.1 Å². The highest BCUT2D eigenvalue weighted by Crippen LogP contribution is 2.18. The number of nitrogens with zero attached hydrogens (tertiary/aromatic N) is 1. The minimum Gasteiger partial charge on any atom is -0.314 e. The molecule has 2 nitrogen and oxygen atoms in total. The van der Waals surface area contributed by atoms with Crippen molar-refractivity contribution in [2.75, 3.05) is 20.1 Å². The Bertz CT molecular complexity index is 354. The predicted octanol–water partition coefficient (Wildman–Crippen LogP) is 2.81. The lowest BCUT2D eigenvalue weighted by Crippen LogP contribution is -2.31. The first-order chi connectivity index (χ1) is 8.63. The van der Waals surface area contributed by atoms with E-state index in [4.69, 9.17) is 0 Å². The summed E-state index contributed by atoms with van der Waals surface area (Å²) in [4.78, 5) is 2.42. The Hall–Kier alpha value is -0.860. The van der Waals surface area contributed by atoms with Crippen molar-refractivity contribution in [3.05, 3.63) is 35.4 Å². The lowest BCUT2D eigenvalue weighted by Gasteiger charge is -2.21. The minimum absolute atomic E-state index is 0.723. The van der Waals surface area contributed by atoms with E-state index in [2.05, 4.69) is 55.4 Å². The van der Waals surface area contributed by atoms with E-state index in [0.29, 0.717) is 0 Å². The fourth-order valence-electron chi connectivity index (χ4n) is 2.32. The van der Waals surface area contributed by atoms with Crippen molar-refractivity contribution in [3.63, 3.8) is 0 Å². The number of aryl methyl sites for hydroxylation is 1. The van der Waals surface area contributed by atoms with Gasteiger partial charge in [-0.3, -0.25) is 0 Å². The van der Waals surface area contributed by atoms with Crippen LogP contribution in [0.25, 0.3) is 0 Å². The zero-order chi connectivity index (χ0) is 13.0. The van der Waals surface area contributed by atoms with E-state index in [1.165, 1.54) is 24.0 Å². The molecule has 0 aromatic heterocycles. The second kappa shape index (κ2) is 6.35. The molecule has 100 valence electrons. The molecule has 2 rings (SSSR count). The van der Waals surface area contributed by atoms with Crippen molar-refractivity contribution in [3.8, 4) is 0 Å². The van der Waals surface area contributed by atoms with Crippen LogP contribution < -0.4 is 5.32 Å². The van der Waals surface area contributed by atoms with E-state index < -0.39 is 0 Å². The molecule has 0 amide bonds. The Labute approximate surface area is 111 Å². The highest BCUT2D eigenvalue weighted by Gasteiger charge is 2.21. The summed E-state index contributed by atoms with van der Waals surface area (Å²) < 4.78 is 0. The quantitative estimate of drug-likeness (QED) is 0.796. The zero-order valence-electron chi connectivity index (χ0n) is 11.9. The third-order valence-electron chi connectivity index (χ3n) is 3.53. The van der Waals surface area contributed by atoms with Crippen LogP contribution in [0.1, 0.15) is 30.9 Å². The van der Waals surface area contributed by atoms with Crippen LogP contribution in [0.15, 0.2) is 24.3 Å². The molecule has 1 aromatic rings. The average Bonchev–Trinajstić information content (AvgIpc) is 3.13. The van der Waals surface area contributed by atoms with Gasteiger partial charge >= 0.3 is 0 Å². The summed E-state index contributed by atoms with van der Waals surface area (Å²) in [5, 5.41) is 3.61. The minimum atomic E-state index is 0.723. The van der Waals surface area contributed by atoms with Gasteiger partial charge in [-0.15, -0.1) is 0 Å². The third-order valence-corrected chi connectivity index (χ3v) is 3.53. The van der Waals surface area contributed by atoms with Gasteiger partial charge < -0.3 is 10.2 Å². The van der Waals surface area contributed by atoms with Crippen molar-refractivity contribution in [1.29, 1.82) is 0 Å². The number of hydrogen-bond donors (Lipinski definition) is 1. The molecule has 1 saturated carbocycles. The standard InChI is InChI=1S/C16H26N2/c1-13-4-6-15(7-5-13)12-18(3)11-14(2)10-17-16-8-9-16/h4-7,14,16-17H,8-12H2,1-3H3. The molecule has 1 aliphatic carbocycles. The first kappa shape index (κ1) is 13.6. The van der Waals surface area contributed by atoms with Crippen molar-refractivity contribution in [2.24, 2.45) is 5.92 Å². The summed E-state index contributed by atoms with van der Waals surface area (Å²) in [5.41, 5.74) is 2.74. The molecule has 0 aliphatic heterocycles. The van der Waals surface area contributed by atoms with Gasteiger partial charge in [0.2, 0.25) is 0 Å². The second-order valence-electron chi connectivity index (χ2n) is 5.97. The van der Waals surface area contributed by atoms with Crippen LogP contribution in [0, 0.1) is 12.8 Å². The highest BCUT2D eigenvalue weighted by atomic mass is 15.1. The molecule has 2 heteroatoms. The van der Waals surface area contributed by atoms with Gasteiger partial charge in [0.1, 0.15) is 0 Å². The van der Waals surface area contributed by atoms with Crippen LogP contribution >= 0.6 is 0 Å². The predicted molar refractivity (Wildman–Crippen MR) is 77.7 cm³/mol. The van der Waals surface area contributed by atoms with Crippen LogP contribution in [-0.2, 0) is 6.54 Å². The van der Waals surface area contributed by atoms with Crippen LogP contribution in [0.4, 0.5) is 0 Å². The summed E-state index contributed by atoms with van der Waals surface area (Å²) in [6, 6.07) is 9.69. The van der Waals surface area contributed by atoms with Gasteiger partial charge in [-0.25, -0.2) is 0 Å². The molecular formula is C16H26N2. The largest absolute Gasteiger partial charge is 0.314 e. The molecule has 0 spiro atoms. The zero-order valence-corrected chi connectivity index (χ0v) is 11.9. The van der Waals surface area contributed by atoms with Gasteiger partial charge in [0.25, 0.3) is 0 Å². The summed E-state index contributed by atoms with van der Waals surface area (Å²) in [5.74, 6) is 0.723. The monoisotopic (exact) mass is 246 g/mol.